The molecular formula is C11H13NO2. The molecule has 1 heterocycles. The molecule has 0 amide bonds. The fourth-order valence-electron chi connectivity index (χ4n) is 1.47. The number of benzene rings is 1. The summed E-state index contributed by atoms with van der Waals surface area (Å²) in [6, 6.07) is 10.1. The van der Waals surface area contributed by atoms with Gasteiger partial charge in [-0.3, -0.25) is 0 Å². The van der Waals surface area contributed by atoms with Gasteiger partial charge in [0.1, 0.15) is 6.26 Å². The average molecular weight is 191 g/mol. The molecule has 0 aromatic heterocycles. The number of hydrogen-bond acceptors (Lipinski definition) is 3. The van der Waals surface area contributed by atoms with Gasteiger partial charge in [-0.15, -0.1) is 0 Å². The van der Waals surface area contributed by atoms with E-state index in [9.17, 15) is 0 Å². The molecule has 3 nitrogen and oxygen atoms in total. The summed E-state index contributed by atoms with van der Waals surface area (Å²) < 4.78 is 5.14. The van der Waals surface area contributed by atoms with E-state index >= 15 is 0 Å². The van der Waals surface area contributed by atoms with Gasteiger partial charge in [0.15, 0.2) is 6.73 Å². The second kappa shape index (κ2) is 4.15. The topological polar surface area (TPSA) is 32.7 Å². The Morgan fingerprint density at radius 3 is 2.79 bits per heavy atom. The first kappa shape index (κ1) is 9.09. The van der Waals surface area contributed by atoms with E-state index in [4.69, 9.17) is 9.84 Å². The summed E-state index contributed by atoms with van der Waals surface area (Å²) in [5.74, 6) is 0. The first-order chi connectivity index (χ1) is 6.90. The second-order valence-electron chi connectivity index (χ2n) is 3.25. The molecule has 1 aliphatic heterocycles. The van der Waals surface area contributed by atoms with Crippen LogP contribution < -0.4 is 0 Å². The van der Waals surface area contributed by atoms with E-state index in [1.807, 2.05) is 23.1 Å². The predicted molar refractivity (Wildman–Crippen MR) is 53.1 cm³/mol. The molecule has 0 saturated heterocycles. The number of rotatable bonds is 3. The zero-order chi connectivity index (χ0) is 9.80. The smallest absolute Gasteiger partial charge is 0.160 e. The molecule has 0 spiro atoms. The van der Waals surface area contributed by atoms with Gasteiger partial charge in [0, 0.05) is 6.54 Å². The SMILES string of the molecule is OCC1=COCN1Cc1ccccc1. The van der Waals surface area contributed by atoms with Crippen LogP contribution in [0.3, 0.4) is 0 Å². The summed E-state index contributed by atoms with van der Waals surface area (Å²) >= 11 is 0. The van der Waals surface area contributed by atoms with E-state index in [0.717, 1.165) is 12.2 Å². The van der Waals surface area contributed by atoms with Gasteiger partial charge in [0.25, 0.3) is 0 Å². The summed E-state index contributed by atoms with van der Waals surface area (Å²) in [4.78, 5) is 2.01. The number of aliphatic hydroxyl groups excluding tert-OH is 1. The maximum atomic E-state index is 9.02. The average Bonchev–Trinajstić information content (AvgIpc) is 2.67. The van der Waals surface area contributed by atoms with Crippen molar-refractivity contribution in [1.29, 1.82) is 0 Å². The van der Waals surface area contributed by atoms with Crippen molar-refractivity contribution in [2.24, 2.45) is 0 Å². The van der Waals surface area contributed by atoms with Crippen LogP contribution in [-0.2, 0) is 11.3 Å². The van der Waals surface area contributed by atoms with Crippen LogP contribution >= 0.6 is 0 Å². The molecule has 0 saturated carbocycles. The monoisotopic (exact) mass is 191 g/mol. The van der Waals surface area contributed by atoms with Crippen molar-refractivity contribution < 1.29 is 9.84 Å². The van der Waals surface area contributed by atoms with Crippen molar-refractivity contribution in [3.63, 3.8) is 0 Å². The Morgan fingerprint density at radius 1 is 1.29 bits per heavy atom. The van der Waals surface area contributed by atoms with E-state index in [2.05, 4.69) is 12.1 Å². The Balaban J connectivity index is 2.02. The van der Waals surface area contributed by atoms with Crippen molar-refractivity contribution in [3.05, 3.63) is 47.9 Å². The van der Waals surface area contributed by atoms with Gasteiger partial charge in [-0.2, -0.15) is 0 Å². The largest absolute Gasteiger partial charge is 0.479 e. The van der Waals surface area contributed by atoms with Crippen LogP contribution in [0.2, 0.25) is 0 Å². The van der Waals surface area contributed by atoms with Crippen LogP contribution in [0, 0.1) is 0 Å². The molecule has 0 radical (unpaired) electrons. The van der Waals surface area contributed by atoms with Crippen molar-refractivity contribution >= 4 is 0 Å². The van der Waals surface area contributed by atoms with Gasteiger partial charge in [0.2, 0.25) is 0 Å². The van der Waals surface area contributed by atoms with Crippen LogP contribution in [0.4, 0.5) is 0 Å². The molecule has 0 unspecified atom stereocenters. The summed E-state index contributed by atoms with van der Waals surface area (Å²) in [5.41, 5.74) is 2.06. The van der Waals surface area contributed by atoms with Crippen molar-refractivity contribution in [2.75, 3.05) is 13.3 Å². The summed E-state index contributed by atoms with van der Waals surface area (Å²) in [6.07, 6.45) is 1.61. The minimum absolute atomic E-state index is 0.0346. The van der Waals surface area contributed by atoms with Gasteiger partial charge in [-0.1, -0.05) is 30.3 Å². The van der Waals surface area contributed by atoms with Gasteiger partial charge < -0.3 is 14.7 Å². The van der Waals surface area contributed by atoms with Crippen LogP contribution in [0.25, 0.3) is 0 Å². The van der Waals surface area contributed by atoms with Crippen LogP contribution in [0.15, 0.2) is 42.3 Å². The maximum Gasteiger partial charge on any atom is 0.160 e. The van der Waals surface area contributed by atoms with E-state index in [0.29, 0.717) is 6.73 Å². The van der Waals surface area contributed by atoms with Crippen molar-refractivity contribution in [3.8, 4) is 0 Å². The van der Waals surface area contributed by atoms with E-state index < -0.39 is 0 Å². The van der Waals surface area contributed by atoms with Gasteiger partial charge in [0.05, 0.1) is 12.3 Å². The maximum absolute atomic E-state index is 9.02. The fraction of sp³-hybridized carbons (Fsp3) is 0.273. The lowest BCUT2D eigenvalue weighted by atomic mass is 10.2. The van der Waals surface area contributed by atoms with E-state index in [-0.39, 0.29) is 6.61 Å². The van der Waals surface area contributed by atoms with Gasteiger partial charge in [-0.05, 0) is 5.56 Å². The minimum atomic E-state index is 0.0346. The Morgan fingerprint density at radius 2 is 2.07 bits per heavy atom. The highest BCUT2D eigenvalue weighted by atomic mass is 16.5. The minimum Gasteiger partial charge on any atom is -0.479 e. The van der Waals surface area contributed by atoms with Gasteiger partial charge in [-0.25, -0.2) is 0 Å². The molecule has 0 bridgehead atoms. The normalized spacial score (nSPS) is 15.2. The molecule has 3 heteroatoms. The first-order valence-electron chi connectivity index (χ1n) is 4.60. The Hall–Kier alpha value is -1.48. The highest BCUT2D eigenvalue weighted by Gasteiger charge is 2.14. The predicted octanol–water partition coefficient (Wildman–Crippen LogP) is 1.31. The van der Waals surface area contributed by atoms with Crippen LogP contribution in [0.1, 0.15) is 5.56 Å². The fourth-order valence-corrected chi connectivity index (χ4v) is 1.47. The lowest BCUT2D eigenvalue weighted by Gasteiger charge is -2.18. The molecule has 1 aromatic rings. The Kier molecular flexibility index (Phi) is 2.70. The summed E-state index contributed by atoms with van der Waals surface area (Å²) in [7, 11) is 0. The number of ether oxygens (including phenoxy) is 1. The third-order valence-corrected chi connectivity index (χ3v) is 2.23. The Bertz CT molecular complexity index is 321. The third kappa shape index (κ3) is 1.88. The van der Waals surface area contributed by atoms with Gasteiger partial charge >= 0.3 is 0 Å². The molecule has 14 heavy (non-hydrogen) atoms. The molecule has 0 atom stereocenters. The first-order valence-corrected chi connectivity index (χ1v) is 4.60. The number of nitrogens with zero attached hydrogens (tertiary/aromatic N) is 1. The van der Waals surface area contributed by atoms with Crippen molar-refractivity contribution in [1.82, 2.24) is 4.90 Å². The molecule has 0 aliphatic carbocycles. The van der Waals surface area contributed by atoms with Crippen molar-refractivity contribution in [2.45, 2.75) is 6.54 Å². The molecule has 1 aromatic carbocycles. The van der Waals surface area contributed by atoms with E-state index in [1.54, 1.807) is 6.26 Å². The standard InChI is InChI=1S/C11H13NO2/c13-7-11-8-14-9-12(11)6-10-4-2-1-3-5-10/h1-5,8,13H,6-7,9H2. The second-order valence-corrected chi connectivity index (χ2v) is 3.25. The molecule has 1 aliphatic rings. The Labute approximate surface area is 83.2 Å². The summed E-state index contributed by atoms with van der Waals surface area (Å²) in [6.45, 7) is 1.35. The van der Waals surface area contributed by atoms with Crippen LogP contribution in [0.5, 0.6) is 0 Å². The quantitative estimate of drug-likeness (QED) is 0.782. The van der Waals surface area contributed by atoms with Crippen LogP contribution in [-0.4, -0.2) is 23.3 Å². The lowest BCUT2D eigenvalue weighted by Crippen LogP contribution is -2.21. The third-order valence-electron chi connectivity index (χ3n) is 2.23. The molecule has 1 N–H and O–H groups in total. The highest BCUT2D eigenvalue weighted by Crippen LogP contribution is 2.15. The molecule has 74 valence electrons. The lowest BCUT2D eigenvalue weighted by molar-refractivity contribution is 0.152. The zero-order valence-corrected chi connectivity index (χ0v) is 7.89. The molecule has 2 rings (SSSR count). The number of hydrogen-bond donors (Lipinski definition) is 1. The molecular weight excluding hydrogens is 178 g/mol. The van der Waals surface area contributed by atoms with E-state index in [1.165, 1.54) is 5.56 Å². The zero-order valence-electron chi connectivity index (χ0n) is 7.89. The highest BCUT2D eigenvalue weighted by molar-refractivity contribution is 5.16. The molecule has 0 fully saturated rings. The summed E-state index contributed by atoms with van der Waals surface area (Å²) in [5, 5.41) is 9.02. The number of aliphatic hydroxyl groups is 1.